The fraction of sp³-hybridized carbons (Fsp3) is 0. The number of anilines is 3. The predicted octanol–water partition coefficient (Wildman–Crippen LogP) is 19.3. The summed E-state index contributed by atoms with van der Waals surface area (Å²) in [7, 11) is 0. The van der Waals surface area contributed by atoms with E-state index >= 15 is 0 Å². The Bertz CT molecular complexity index is 4560. The molecule has 70 heavy (non-hydrogen) atoms. The van der Waals surface area contributed by atoms with Gasteiger partial charge in [-0.05, 0) is 133 Å². The van der Waals surface area contributed by atoms with E-state index in [0.717, 1.165) is 55.8 Å². The summed E-state index contributed by atoms with van der Waals surface area (Å²) < 4.78 is 11.7. The molecule has 0 aliphatic carbocycles. The second kappa shape index (κ2) is 15.3. The van der Waals surface area contributed by atoms with E-state index in [1.165, 1.54) is 85.4 Å². The minimum atomic E-state index is 0.870. The van der Waals surface area contributed by atoms with Crippen LogP contribution in [0.2, 0.25) is 0 Å². The van der Waals surface area contributed by atoms with Crippen LogP contribution in [0.1, 0.15) is 0 Å². The Balaban J connectivity index is 0.916. The highest BCUT2D eigenvalue weighted by atomic mass is 32.1. The van der Waals surface area contributed by atoms with Gasteiger partial charge in [0.1, 0.15) is 5.58 Å². The highest BCUT2D eigenvalue weighted by Gasteiger charge is 2.21. The van der Waals surface area contributed by atoms with Gasteiger partial charge in [-0.15, -0.1) is 11.3 Å². The van der Waals surface area contributed by atoms with Gasteiger partial charge in [0, 0.05) is 58.8 Å². The molecule has 0 saturated carbocycles. The number of rotatable bonds is 6. The maximum Gasteiger partial charge on any atom is 0.159 e. The van der Waals surface area contributed by atoms with Gasteiger partial charge < -0.3 is 13.9 Å². The van der Waals surface area contributed by atoms with E-state index in [1.807, 2.05) is 23.5 Å². The van der Waals surface area contributed by atoms with E-state index in [1.54, 1.807) is 0 Å². The third-order valence-corrected chi connectivity index (χ3v) is 15.8. The van der Waals surface area contributed by atoms with Crippen molar-refractivity contribution in [1.29, 1.82) is 0 Å². The van der Waals surface area contributed by atoms with Gasteiger partial charge in [-0.1, -0.05) is 164 Å². The first-order valence-electron chi connectivity index (χ1n) is 23.9. The number of hydrogen-bond donors (Lipinski definition) is 0. The zero-order valence-electron chi connectivity index (χ0n) is 37.8. The number of furan rings is 1. The monoisotopic (exact) mass is 908 g/mol. The molecule has 0 bridgehead atoms. The van der Waals surface area contributed by atoms with Crippen LogP contribution in [0.4, 0.5) is 17.1 Å². The van der Waals surface area contributed by atoms with Crippen LogP contribution in [0.5, 0.6) is 0 Å². The number of para-hydroxylation sites is 3. The zero-order chi connectivity index (χ0) is 45.9. The van der Waals surface area contributed by atoms with Crippen molar-refractivity contribution in [2.45, 2.75) is 0 Å². The summed E-state index contributed by atoms with van der Waals surface area (Å²) in [6.07, 6.45) is 0. The Morgan fingerprint density at radius 2 is 0.900 bits per heavy atom. The van der Waals surface area contributed by atoms with Gasteiger partial charge in [0.05, 0.1) is 16.7 Å². The fourth-order valence-electron chi connectivity index (χ4n) is 11.4. The number of benzene rings is 12. The lowest BCUT2D eigenvalue weighted by Gasteiger charge is -2.25. The molecule has 0 amide bonds. The third kappa shape index (κ3) is 5.87. The maximum absolute atomic E-state index is 6.60. The molecular weight excluding hydrogens is 869 g/mol. The average Bonchev–Trinajstić information content (AvgIpc) is 4.11. The number of fused-ring (bicyclic) bond motifs is 15. The normalized spacial score (nSPS) is 12.0. The Labute approximate surface area is 406 Å². The Morgan fingerprint density at radius 1 is 0.343 bits per heavy atom. The number of nitrogens with zero attached hydrogens (tertiary/aromatic N) is 2. The number of hydrogen-bond acceptors (Lipinski definition) is 3. The van der Waals surface area contributed by atoms with Crippen LogP contribution in [0, 0.1) is 0 Å². The standard InChI is InChI=1S/C66H40N2OS/c1-2-14-44(15-3-1)67(62-25-13-23-55-53-20-8-10-26-63(53)69-65(55)62)45-32-28-41(29-33-45)42-30-36-60-58(38-42)59-39-43(47-22-12-24-56-54-21-9-11-27-64(54)70-66(47)56)31-37-61(59)68(60)46-34-35-52-50-18-5-4-16-48(50)49-17-6-7-19-51(49)57(52)40-46/h1-40H. The van der Waals surface area contributed by atoms with E-state index in [2.05, 4.69) is 240 Å². The largest absolute Gasteiger partial charge is 0.454 e. The van der Waals surface area contributed by atoms with Crippen molar-refractivity contribution in [3.63, 3.8) is 0 Å². The van der Waals surface area contributed by atoms with E-state index in [0.29, 0.717) is 0 Å². The molecule has 4 heteroatoms. The molecule has 326 valence electrons. The average molecular weight is 909 g/mol. The summed E-state index contributed by atoms with van der Waals surface area (Å²) in [6, 6.07) is 88.7. The van der Waals surface area contributed by atoms with Crippen LogP contribution >= 0.6 is 11.3 Å². The summed E-state index contributed by atoms with van der Waals surface area (Å²) >= 11 is 1.88. The molecule has 0 N–H and O–H groups in total. The minimum absolute atomic E-state index is 0.870. The molecule has 15 aromatic rings. The van der Waals surface area contributed by atoms with Crippen LogP contribution < -0.4 is 4.90 Å². The van der Waals surface area contributed by atoms with Gasteiger partial charge in [0.2, 0.25) is 0 Å². The van der Waals surface area contributed by atoms with E-state index in [-0.39, 0.29) is 0 Å². The smallest absolute Gasteiger partial charge is 0.159 e. The second-order valence-electron chi connectivity index (χ2n) is 18.4. The lowest BCUT2D eigenvalue weighted by molar-refractivity contribution is 0.669. The first-order chi connectivity index (χ1) is 34.7. The summed E-state index contributed by atoms with van der Waals surface area (Å²) in [5.74, 6) is 0. The van der Waals surface area contributed by atoms with Gasteiger partial charge in [-0.25, -0.2) is 0 Å². The molecular formula is C66H40N2OS. The molecule has 0 aliphatic heterocycles. The summed E-state index contributed by atoms with van der Waals surface area (Å²) in [6.45, 7) is 0. The lowest BCUT2D eigenvalue weighted by atomic mass is 9.94. The minimum Gasteiger partial charge on any atom is -0.454 e. The second-order valence-corrected chi connectivity index (χ2v) is 19.4. The molecule has 3 aromatic heterocycles. The van der Waals surface area contributed by atoms with E-state index in [9.17, 15) is 0 Å². The molecule has 0 spiro atoms. The van der Waals surface area contributed by atoms with Crippen LogP contribution in [0.15, 0.2) is 247 Å². The van der Waals surface area contributed by atoms with Crippen LogP contribution in [-0.2, 0) is 0 Å². The summed E-state index contributed by atoms with van der Waals surface area (Å²) in [5.41, 5.74) is 13.2. The molecule has 0 saturated heterocycles. The van der Waals surface area contributed by atoms with Crippen LogP contribution in [-0.4, -0.2) is 4.57 Å². The van der Waals surface area contributed by atoms with Crippen LogP contribution in [0.3, 0.4) is 0 Å². The summed E-state index contributed by atoms with van der Waals surface area (Å²) in [4.78, 5) is 2.31. The van der Waals surface area contributed by atoms with Crippen molar-refractivity contribution < 1.29 is 4.42 Å². The fourth-order valence-corrected chi connectivity index (χ4v) is 12.6. The quantitative estimate of drug-likeness (QED) is 0.155. The molecule has 15 rings (SSSR count). The SMILES string of the molecule is c1ccc(N(c2ccc(-c3ccc4c(c3)c3cc(-c5cccc6c5sc5ccccc56)ccc3n4-c3ccc4c5ccccc5c5ccccc5c4c3)cc2)c2cccc3c2oc2ccccc23)cc1. The Hall–Kier alpha value is -8.96. The molecule has 3 nitrogen and oxygen atoms in total. The first kappa shape index (κ1) is 39.1. The lowest BCUT2D eigenvalue weighted by Crippen LogP contribution is -2.10. The van der Waals surface area contributed by atoms with Gasteiger partial charge in [-0.3, -0.25) is 0 Å². The van der Waals surface area contributed by atoms with Gasteiger partial charge in [0.15, 0.2) is 5.58 Å². The van der Waals surface area contributed by atoms with Gasteiger partial charge in [-0.2, -0.15) is 0 Å². The third-order valence-electron chi connectivity index (χ3n) is 14.6. The van der Waals surface area contributed by atoms with Gasteiger partial charge in [0.25, 0.3) is 0 Å². The first-order valence-corrected chi connectivity index (χ1v) is 24.7. The summed E-state index contributed by atoms with van der Waals surface area (Å²) in [5, 5.41) is 14.9. The molecule has 0 radical (unpaired) electrons. The highest BCUT2D eigenvalue weighted by Crippen LogP contribution is 2.46. The maximum atomic E-state index is 6.60. The number of thiophene rings is 1. The van der Waals surface area contributed by atoms with Crippen LogP contribution in [0.25, 0.3) is 124 Å². The van der Waals surface area contributed by atoms with Crippen molar-refractivity contribution in [3.8, 4) is 27.9 Å². The highest BCUT2D eigenvalue weighted by molar-refractivity contribution is 7.26. The Morgan fingerprint density at radius 3 is 1.66 bits per heavy atom. The molecule has 3 heterocycles. The van der Waals surface area contributed by atoms with Crippen molar-refractivity contribution in [3.05, 3.63) is 243 Å². The molecule has 12 aromatic carbocycles. The van der Waals surface area contributed by atoms with Crippen molar-refractivity contribution in [1.82, 2.24) is 4.57 Å². The molecule has 0 atom stereocenters. The van der Waals surface area contributed by atoms with Crippen molar-refractivity contribution >= 4 is 125 Å². The number of aromatic nitrogens is 1. The van der Waals surface area contributed by atoms with E-state index in [4.69, 9.17) is 4.42 Å². The zero-order valence-corrected chi connectivity index (χ0v) is 38.6. The molecule has 0 fully saturated rings. The van der Waals surface area contributed by atoms with Crippen molar-refractivity contribution in [2.75, 3.05) is 4.90 Å². The molecule has 0 aliphatic rings. The molecule has 0 unspecified atom stereocenters. The Kier molecular flexibility index (Phi) is 8.53. The topological polar surface area (TPSA) is 21.3 Å². The van der Waals surface area contributed by atoms with E-state index < -0.39 is 0 Å². The van der Waals surface area contributed by atoms with Gasteiger partial charge >= 0.3 is 0 Å². The predicted molar refractivity (Wildman–Crippen MR) is 299 cm³/mol. The van der Waals surface area contributed by atoms with Crippen molar-refractivity contribution in [2.24, 2.45) is 0 Å².